The van der Waals surface area contributed by atoms with Crippen molar-refractivity contribution in [1.82, 2.24) is 10.2 Å². The first-order chi connectivity index (χ1) is 25.6. The Morgan fingerprint density at radius 1 is 1.02 bits per heavy atom. The number of ketones is 2. The van der Waals surface area contributed by atoms with Crippen LogP contribution in [-0.4, -0.2) is 80.8 Å². The number of nitrogens with zero attached hydrogens (tertiary/aromatic N) is 2. The van der Waals surface area contributed by atoms with Gasteiger partial charge in [-0.3, -0.25) is 23.5 Å². The molecule has 15 heteroatoms. The van der Waals surface area contributed by atoms with Gasteiger partial charge >= 0.3 is 5.97 Å². The van der Waals surface area contributed by atoms with Crippen molar-refractivity contribution in [2.45, 2.75) is 45.6 Å². The second kappa shape index (κ2) is 16.5. The number of anilines is 1. The van der Waals surface area contributed by atoms with Gasteiger partial charge in [-0.05, 0) is 73.2 Å². The highest BCUT2D eigenvalue weighted by Gasteiger charge is 2.34. The van der Waals surface area contributed by atoms with Crippen LogP contribution in [0, 0.1) is 5.82 Å². The number of aliphatic hydroxyl groups is 1. The number of hydrogen-bond acceptors (Lipinski definition) is 10. The highest BCUT2D eigenvalue weighted by molar-refractivity contribution is 7.92. The van der Waals surface area contributed by atoms with Crippen molar-refractivity contribution < 1.29 is 51.0 Å². The summed E-state index contributed by atoms with van der Waals surface area (Å²) in [5.74, 6) is -4.30. The van der Waals surface area contributed by atoms with Crippen LogP contribution in [0.4, 0.5) is 10.1 Å². The molecule has 3 aromatic carbocycles. The Bertz CT molecular complexity index is 2260. The Morgan fingerprint density at radius 3 is 2.35 bits per heavy atom. The number of carbonyl (C=O) groups excluding carboxylic acids is 5. The fraction of sp³-hybridized carbons (Fsp3) is 0.308. The summed E-state index contributed by atoms with van der Waals surface area (Å²) in [6, 6.07) is 15.0. The van der Waals surface area contributed by atoms with E-state index >= 15 is 0 Å². The first-order valence-electron chi connectivity index (χ1n) is 17.2. The maximum atomic E-state index is 13.7. The molecule has 284 valence electrons. The molecule has 2 amide bonds. The Kier molecular flexibility index (Phi) is 12.0. The molecule has 1 aromatic heterocycles. The van der Waals surface area contributed by atoms with E-state index in [0.717, 1.165) is 34.4 Å². The summed E-state index contributed by atoms with van der Waals surface area (Å²) >= 11 is 0. The number of hydrogen-bond donors (Lipinski definition) is 2. The third kappa shape index (κ3) is 9.20. The molecule has 0 unspecified atom stereocenters. The van der Waals surface area contributed by atoms with E-state index in [4.69, 9.17) is 4.42 Å². The average Bonchev–Trinajstić information content (AvgIpc) is 3.92. The average molecular weight is 762 g/mol. The van der Waals surface area contributed by atoms with Gasteiger partial charge in [-0.25, -0.2) is 17.6 Å². The molecule has 2 N–H and O–H groups in total. The predicted octanol–water partition coefficient (Wildman–Crippen LogP) is 5.28. The summed E-state index contributed by atoms with van der Waals surface area (Å²) in [4.78, 5) is 64.2. The van der Waals surface area contributed by atoms with E-state index in [0.29, 0.717) is 27.6 Å². The van der Waals surface area contributed by atoms with Gasteiger partial charge in [0, 0.05) is 48.7 Å². The molecule has 1 aliphatic carbocycles. The first kappa shape index (κ1) is 39.4. The molecule has 0 radical (unpaired) electrons. The van der Waals surface area contributed by atoms with Crippen LogP contribution in [0.25, 0.3) is 28.1 Å². The van der Waals surface area contributed by atoms with Gasteiger partial charge in [0.2, 0.25) is 21.8 Å². The van der Waals surface area contributed by atoms with Gasteiger partial charge in [-0.1, -0.05) is 25.1 Å². The van der Waals surface area contributed by atoms with Gasteiger partial charge in [0.15, 0.2) is 5.78 Å². The van der Waals surface area contributed by atoms with Gasteiger partial charge in [0.1, 0.15) is 29.5 Å². The number of nitrogens with one attached hydrogen (secondary N) is 1. The number of aliphatic hydroxyl groups excluding tert-OH is 1. The molecule has 5 rings (SSSR count). The lowest BCUT2D eigenvalue weighted by Crippen LogP contribution is -2.44. The van der Waals surface area contributed by atoms with Gasteiger partial charge in [0.05, 0.1) is 30.7 Å². The van der Waals surface area contributed by atoms with E-state index in [2.05, 4.69) is 10.1 Å². The second-order valence-corrected chi connectivity index (χ2v) is 14.8. The van der Waals surface area contributed by atoms with Crippen LogP contribution < -0.4 is 9.62 Å². The van der Waals surface area contributed by atoms with Crippen LogP contribution in [0.5, 0.6) is 0 Å². The van der Waals surface area contributed by atoms with Crippen molar-refractivity contribution in [3.63, 3.8) is 0 Å². The summed E-state index contributed by atoms with van der Waals surface area (Å²) in [7, 11) is -2.70. The molecule has 54 heavy (non-hydrogen) atoms. The van der Waals surface area contributed by atoms with Crippen molar-refractivity contribution in [2.24, 2.45) is 0 Å². The van der Waals surface area contributed by atoms with Crippen molar-refractivity contribution >= 4 is 61.8 Å². The maximum Gasteiger partial charge on any atom is 0.379 e. The van der Waals surface area contributed by atoms with Crippen LogP contribution in [0.2, 0.25) is 0 Å². The van der Waals surface area contributed by atoms with Gasteiger partial charge in [-0.2, -0.15) is 0 Å². The largest absolute Gasteiger partial charge is 0.507 e. The molecule has 13 nitrogen and oxygen atoms in total. The van der Waals surface area contributed by atoms with E-state index < -0.39 is 58.3 Å². The smallest absolute Gasteiger partial charge is 0.379 e. The van der Waals surface area contributed by atoms with Crippen molar-refractivity contribution in [3.05, 3.63) is 94.8 Å². The number of furan rings is 1. The molecular weight excluding hydrogens is 722 g/mol. The zero-order valence-electron chi connectivity index (χ0n) is 30.2. The van der Waals surface area contributed by atoms with Crippen LogP contribution in [-0.2, 0) is 40.5 Å². The molecule has 0 atom stereocenters. The summed E-state index contributed by atoms with van der Waals surface area (Å²) < 4.78 is 52.0. The van der Waals surface area contributed by atoms with Crippen molar-refractivity contribution in [3.8, 4) is 11.3 Å². The number of benzene rings is 3. The zero-order valence-corrected chi connectivity index (χ0v) is 31.0. The summed E-state index contributed by atoms with van der Waals surface area (Å²) in [6.45, 7) is 2.20. The van der Waals surface area contributed by atoms with Crippen molar-refractivity contribution in [1.29, 1.82) is 0 Å². The molecule has 1 saturated carbocycles. The number of likely N-dealkylation sites (N-methyl/N-ethyl adjacent to an activating group) is 1. The summed E-state index contributed by atoms with van der Waals surface area (Å²) in [5, 5.41) is 13.5. The van der Waals surface area contributed by atoms with Crippen LogP contribution in [0.1, 0.15) is 66.1 Å². The second-order valence-electron chi connectivity index (χ2n) is 12.9. The summed E-state index contributed by atoms with van der Waals surface area (Å²) in [6.07, 6.45) is 3.43. The van der Waals surface area contributed by atoms with Crippen molar-refractivity contribution in [2.75, 3.05) is 37.3 Å². The lowest BCUT2D eigenvalue weighted by Gasteiger charge is -2.27. The lowest BCUT2D eigenvalue weighted by molar-refractivity contribution is -0.151. The Balaban J connectivity index is 1.33. The number of ether oxygens (including phenoxy) is 1. The minimum atomic E-state index is -4.06. The Hall–Kier alpha value is -5.83. The number of esters is 1. The zero-order chi connectivity index (χ0) is 39.3. The van der Waals surface area contributed by atoms with Gasteiger partial charge < -0.3 is 24.5 Å². The third-order valence-electron chi connectivity index (χ3n) is 8.77. The molecule has 1 heterocycles. The molecular formula is C39H40FN3O10S. The Morgan fingerprint density at radius 2 is 1.72 bits per heavy atom. The van der Waals surface area contributed by atoms with E-state index in [1.165, 1.54) is 49.5 Å². The highest BCUT2D eigenvalue weighted by atomic mass is 32.2. The minimum Gasteiger partial charge on any atom is -0.507 e. The molecule has 0 bridgehead atoms. The van der Waals surface area contributed by atoms with Crippen LogP contribution in [0.15, 0.2) is 71.2 Å². The predicted molar refractivity (Wildman–Crippen MR) is 199 cm³/mol. The minimum absolute atomic E-state index is 0.000151. The number of Topliss-reactive ketones (excluding diaryl/α,β-unsaturated/α-hetero) is 1. The standard InChI is InChI=1S/C39H40FN3O10S/c1-5-31(44)37-29-17-28(24-10-11-24)30(18-34(29)53-38(37)25-12-14-27(40)15-13-25)43(54(4,50)51)22-36(48)42(3)21-35(47)41-20-23-8-7-9-26(16-23)32(45)19-33(46)39(49)52-6-2/h7-9,12-19,24,45H,5-6,10-11,20-22H2,1-4H3,(H,41,47). The number of amides is 2. The monoisotopic (exact) mass is 761 g/mol. The summed E-state index contributed by atoms with van der Waals surface area (Å²) in [5.41, 5.74) is 2.60. The van der Waals surface area contributed by atoms with Crippen LogP contribution in [0.3, 0.4) is 0 Å². The number of sulfonamides is 1. The number of carbonyl (C=O) groups is 5. The molecule has 4 aromatic rings. The Labute approximate surface area is 311 Å². The number of rotatable bonds is 16. The number of fused-ring (bicyclic) bond motifs is 1. The topological polar surface area (TPSA) is 181 Å². The van der Waals surface area contributed by atoms with E-state index in [1.807, 2.05) is 0 Å². The molecule has 0 saturated heterocycles. The SMILES string of the molecule is CCOC(=O)C(=O)C=C(O)c1cccc(CNC(=O)CN(C)C(=O)CN(c2cc3oc(-c4ccc(F)cc4)c(C(=O)CC)c3cc2C2CC2)S(C)(=O)=O)c1. The third-order valence-corrected chi connectivity index (χ3v) is 9.90. The molecule has 1 fully saturated rings. The van der Waals surface area contributed by atoms with E-state index in [1.54, 1.807) is 32.0 Å². The van der Waals surface area contributed by atoms with Gasteiger partial charge in [0.25, 0.3) is 5.78 Å². The van der Waals surface area contributed by atoms with E-state index in [-0.39, 0.29) is 53.9 Å². The molecule has 0 spiro atoms. The maximum absolute atomic E-state index is 13.7. The van der Waals surface area contributed by atoms with Crippen LogP contribution >= 0.6 is 0 Å². The fourth-order valence-electron chi connectivity index (χ4n) is 5.84. The highest BCUT2D eigenvalue weighted by Crippen LogP contribution is 2.48. The fourth-order valence-corrected chi connectivity index (χ4v) is 6.70. The normalized spacial score (nSPS) is 13.0. The molecule has 1 aliphatic rings. The quantitative estimate of drug-likeness (QED) is 0.0502. The van der Waals surface area contributed by atoms with Gasteiger partial charge in [-0.15, -0.1) is 0 Å². The molecule has 0 aliphatic heterocycles. The number of halogens is 1. The lowest BCUT2D eigenvalue weighted by atomic mass is 9.97. The van der Waals surface area contributed by atoms with E-state index in [9.17, 15) is 41.9 Å². The first-order valence-corrected chi connectivity index (χ1v) is 19.0.